The van der Waals surface area contributed by atoms with Gasteiger partial charge in [-0.05, 0) is 35.4 Å². The van der Waals surface area contributed by atoms with Gasteiger partial charge in [0.2, 0.25) is 0 Å². The Morgan fingerprint density at radius 2 is 1.62 bits per heavy atom. The number of hydrogen-bond acceptors (Lipinski definition) is 5. The maximum absolute atomic E-state index is 13.4. The highest BCUT2D eigenvalue weighted by Gasteiger charge is 2.18. The molecular formula is C23H23FN6O2. The Bertz CT molecular complexity index is 1370. The van der Waals surface area contributed by atoms with Crippen LogP contribution in [0.4, 0.5) is 4.39 Å². The molecular weight excluding hydrogens is 411 g/mol. The summed E-state index contributed by atoms with van der Waals surface area (Å²) < 4.78 is 16.5. The fraction of sp³-hybridized carbons (Fsp3) is 0.261. The van der Waals surface area contributed by atoms with Gasteiger partial charge in [0.1, 0.15) is 5.82 Å². The second kappa shape index (κ2) is 8.52. The third-order valence-electron chi connectivity index (χ3n) is 5.82. The topological polar surface area (TPSA) is 78.6 Å². The minimum atomic E-state index is -0.493. The maximum Gasteiger partial charge on any atom is 0.333 e. The van der Waals surface area contributed by atoms with Gasteiger partial charge in [-0.25, -0.2) is 13.7 Å². The second-order valence-electron chi connectivity index (χ2n) is 8.06. The number of aromatic nitrogens is 4. The summed E-state index contributed by atoms with van der Waals surface area (Å²) in [5, 5.41) is 4.32. The smallest absolute Gasteiger partial charge is 0.297 e. The van der Waals surface area contributed by atoms with Crippen LogP contribution in [0.1, 0.15) is 11.1 Å². The Morgan fingerprint density at radius 1 is 0.906 bits per heavy atom. The number of benzene rings is 1. The molecule has 5 rings (SSSR count). The summed E-state index contributed by atoms with van der Waals surface area (Å²) in [7, 11) is 0. The average Bonchev–Trinajstić information content (AvgIpc) is 3.18. The molecule has 9 heteroatoms. The zero-order chi connectivity index (χ0) is 22.1. The van der Waals surface area contributed by atoms with Gasteiger partial charge in [-0.15, -0.1) is 0 Å². The van der Waals surface area contributed by atoms with Crippen molar-refractivity contribution in [2.24, 2.45) is 0 Å². The number of nitrogens with zero attached hydrogens (tertiary/aromatic N) is 5. The lowest BCUT2D eigenvalue weighted by Gasteiger charge is -2.34. The first kappa shape index (κ1) is 20.3. The molecule has 8 nitrogen and oxygen atoms in total. The van der Waals surface area contributed by atoms with Gasteiger partial charge in [-0.1, -0.05) is 12.1 Å². The molecule has 0 atom stereocenters. The Labute approximate surface area is 183 Å². The molecule has 1 aliphatic heterocycles. The number of fused-ring (bicyclic) bond motifs is 1. The predicted octanol–water partition coefficient (Wildman–Crippen LogP) is 1.63. The van der Waals surface area contributed by atoms with Gasteiger partial charge in [-0.3, -0.25) is 24.1 Å². The van der Waals surface area contributed by atoms with E-state index < -0.39 is 11.2 Å². The number of H-pyrrole nitrogens is 1. The fourth-order valence-corrected chi connectivity index (χ4v) is 4.16. The minimum absolute atomic E-state index is 0.195. The van der Waals surface area contributed by atoms with Crippen LogP contribution in [0.2, 0.25) is 0 Å². The lowest BCUT2D eigenvalue weighted by molar-refractivity contribution is 0.122. The van der Waals surface area contributed by atoms with Crippen LogP contribution in [0.15, 0.2) is 70.6 Å². The third kappa shape index (κ3) is 4.25. The van der Waals surface area contributed by atoms with Crippen molar-refractivity contribution in [3.8, 4) is 5.69 Å². The summed E-state index contributed by atoms with van der Waals surface area (Å²) in [6.07, 6.45) is 4.96. The number of pyridine rings is 1. The van der Waals surface area contributed by atoms with Crippen LogP contribution in [-0.4, -0.2) is 55.1 Å². The summed E-state index contributed by atoms with van der Waals surface area (Å²) in [5.41, 5.74) is 2.60. The maximum atomic E-state index is 13.4. The molecule has 164 valence electrons. The molecule has 1 saturated heterocycles. The summed E-state index contributed by atoms with van der Waals surface area (Å²) in [6.45, 7) is 5.23. The van der Waals surface area contributed by atoms with E-state index in [9.17, 15) is 14.0 Å². The largest absolute Gasteiger partial charge is 0.333 e. The second-order valence-corrected chi connectivity index (χ2v) is 8.06. The average molecular weight is 434 g/mol. The zero-order valence-electron chi connectivity index (χ0n) is 17.4. The SMILES string of the molecule is O=c1ccn(-c2cnn3ccc(CN4CCN(Cc5cccc(F)c5)CC4)cc23)c(=O)[nH]1. The van der Waals surface area contributed by atoms with Gasteiger partial charge < -0.3 is 0 Å². The van der Waals surface area contributed by atoms with Crippen LogP contribution in [0.5, 0.6) is 0 Å². The fourth-order valence-electron chi connectivity index (χ4n) is 4.16. The van der Waals surface area contributed by atoms with Crippen LogP contribution in [0, 0.1) is 5.82 Å². The molecule has 4 heterocycles. The van der Waals surface area contributed by atoms with Gasteiger partial charge in [-0.2, -0.15) is 5.10 Å². The normalized spacial score (nSPS) is 15.4. The molecule has 3 aromatic heterocycles. The van der Waals surface area contributed by atoms with Crippen molar-refractivity contribution in [1.82, 2.24) is 29.0 Å². The van der Waals surface area contributed by atoms with Gasteiger partial charge in [0, 0.05) is 57.7 Å². The summed E-state index contributed by atoms with van der Waals surface area (Å²) in [6, 6.07) is 12.1. The van der Waals surface area contributed by atoms with Gasteiger partial charge >= 0.3 is 5.69 Å². The lowest BCUT2D eigenvalue weighted by atomic mass is 10.1. The van der Waals surface area contributed by atoms with E-state index in [1.807, 2.05) is 24.4 Å². The molecule has 4 aromatic rings. The van der Waals surface area contributed by atoms with Crippen molar-refractivity contribution >= 4 is 5.52 Å². The Hall–Kier alpha value is -3.56. The van der Waals surface area contributed by atoms with Crippen LogP contribution < -0.4 is 11.2 Å². The molecule has 1 aliphatic rings. The number of halogens is 1. The van der Waals surface area contributed by atoms with E-state index in [0.717, 1.165) is 55.9 Å². The summed E-state index contributed by atoms with van der Waals surface area (Å²) >= 11 is 0. The van der Waals surface area contributed by atoms with E-state index >= 15 is 0 Å². The highest BCUT2D eigenvalue weighted by Crippen LogP contribution is 2.18. The zero-order valence-corrected chi connectivity index (χ0v) is 17.4. The van der Waals surface area contributed by atoms with Crippen molar-refractivity contribution in [1.29, 1.82) is 0 Å². The molecule has 0 amide bonds. The molecule has 1 fully saturated rings. The lowest BCUT2D eigenvalue weighted by Crippen LogP contribution is -2.45. The number of aromatic amines is 1. The molecule has 1 N–H and O–H groups in total. The molecule has 32 heavy (non-hydrogen) atoms. The number of nitrogens with one attached hydrogen (secondary N) is 1. The summed E-state index contributed by atoms with van der Waals surface area (Å²) in [5.74, 6) is -0.195. The van der Waals surface area contributed by atoms with Crippen molar-refractivity contribution in [2.75, 3.05) is 26.2 Å². The first-order valence-electron chi connectivity index (χ1n) is 10.5. The van der Waals surface area contributed by atoms with Crippen molar-refractivity contribution in [2.45, 2.75) is 13.1 Å². The summed E-state index contributed by atoms with van der Waals surface area (Å²) in [4.78, 5) is 30.6. The van der Waals surface area contributed by atoms with E-state index in [1.165, 1.54) is 22.9 Å². The first-order valence-corrected chi connectivity index (χ1v) is 10.5. The van der Waals surface area contributed by atoms with Gasteiger partial charge in [0.15, 0.2) is 0 Å². The molecule has 0 saturated carbocycles. The van der Waals surface area contributed by atoms with Crippen LogP contribution in [0.3, 0.4) is 0 Å². The van der Waals surface area contributed by atoms with E-state index in [0.29, 0.717) is 5.69 Å². The van der Waals surface area contributed by atoms with E-state index in [-0.39, 0.29) is 5.82 Å². The van der Waals surface area contributed by atoms with Crippen molar-refractivity contribution < 1.29 is 4.39 Å². The molecule has 1 aromatic carbocycles. The predicted molar refractivity (Wildman–Crippen MR) is 118 cm³/mol. The molecule has 0 aliphatic carbocycles. The van der Waals surface area contributed by atoms with Gasteiger partial charge in [0.05, 0.1) is 17.4 Å². The number of rotatable bonds is 5. The van der Waals surface area contributed by atoms with Crippen molar-refractivity contribution in [3.63, 3.8) is 0 Å². The van der Waals surface area contributed by atoms with Crippen molar-refractivity contribution in [3.05, 3.63) is 98.8 Å². The molecule has 0 spiro atoms. The molecule has 0 bridgehead atoms. The Kier molecular flexibility index (Phi) is 5.42. The van der Waals surface area contributed by atoms with Crippen LogP contribution in [-0.2, 0) is 13.1 Å². The van der Waals surface area contributed by atoms with Gasteiger partial charge in [0.25, 0.3) is 5.56 Å². The van der Waals surface area contributed by atoms with E-state index in [2.05, 4.69) is 19.9 Å². The molecule has 0 unspecified atom stereocenters. The van der Waals surface area contributed by atoms with Crippen LogP contribution in [0.25, 0.3) is 11.2 Å². The molecule has 0 radical (unpaired) electrons. The Balaban J connectivity index is 1.28. The monoisotopic (exact) mass is 434 g/mol. The van der Waals surface area contributed by atoms with Crippen LogP contribution >= 0.6 is 0 Å². The standard InChI is InChI=1S/C23H23FN6O2/c24-19-3-1-2-17(12-19)15-27-8-10-28(11-9-27)16-18-4-7-30-20(13-18)21(14-25-30)29-6-5-22(31)26-23(29)32/h1-7,12-14H,8-11,15-16H2,(H,26,31,32). The number of hydrogen-bond donors (Lipinski definition) is 1. The quantitative estimate of drug-likeness (QED) is 0.517. The highest BCUT2D eigenvalue weighted by atomic mass is 19.1. The first-order chi connectivity index (χ1) is 15.5. The third-order valence-corrected chi connectivity index (χ3v) is 5.82. The van der Waals surface area contributed by atoms with E-state index in [1.54, 1.807) is 22.8 Å². The van der Waals surface area contributed by atoms with E-state index in [4.69, 9.17) is 0 Å². The highest BCUT2D eigenvalue weighted by molar-refractivity contribution is 5.64. The minimum Gasteiger partial charge on any atom is -0.297 e. The Morgan fingerprint density at radius 3 is 2.31 bits per heavy atom. The number of piperazine rings is 1.